The lowest BCUT2D eigenvalue weighted by Crippen LogP contribution is -2.30. The molecular formula is C15H12BNO3S. The second-order valence-corrected chi connectivity index (χ2v) is 5.69. The van der Waals surface area contributed by atoms with E-state index in [2.05, 4.69) is 5.32 Å². The number of carbonyl (C=O) groups is 1. The van der Waals surface area contributed by atoms with Gasteiger partial charge < -0.3 is 15.4 Å². The van der Waals surface area contributed by atoms with Crippen molar-refractivity contribution < 1.29 is 14.8 Å². The molecule has 2 aromatic carbocycles. The molecule has 0 aliphatic heterocycles. The molecule has 0 fully saturated rings. The molecule has 21 heavy (non-hydrogen) atoms. The zero-order valence-electron chi connectivity index (χ0n) is 11.0. The van der Waals surface area contributed by atoms with E-state index in [1.807, 2.05) is 30.3 Å². The molecule has 3 aromatic rings. The molecule has 4 nitrogen and oxygen atoms in total. The van der Waals surface area contributed by atoms with Gasteiger partial charge in [-0.1, -0.05) is 30.3 Å². The van der Waals surface area contributed by atoms with E-state index in [9.17, 15) is 4.79 Å². The molecule has 0 radical (unpaired) electrons. The van der Waals surface area contributed by atoms with Crippen LogP contribution in [0.15, 0.2) is 54.6 Å². The highest BCUT2D eigenvalue weighted by molar-refractivity contribution is 7.20. The first-order chi connectivity index (χ1) is 10.1. The quantitative estimate of drug-likeness (QED) is 0.646. The lowest BCUT2D eigenvalue weighted by atomic mass is 9.80. The maximum Gasteiger partial charge on any atom is 0.488 e. The second kappa shape index (κ2) is 5.69. The van der Waals surface area contributed by atoms with Crippen molar-refractivity contribution in [3.63, 3.8) is 0 Å². The van der Waals surface area contributed by atoms with E-state index in [0.717, 1.165) is 10.1 Å². The van der Waals surface area contributed by atoms with Crippen molar-refractivity contribution in [2.75, 3.05) is 5.32 Å². The van der Waals surface area contributed by atoms with E-state index in [-0.39, 0.29) is 5.91 Å². The fourth-order valence-electron chi connectivity index (χ4n) is 2.06. The summed E-state index contributed by atoms with van der Waals surface area (Å²) in [4.78, 5) is 12.9. The van der Waals surface area contributed by atoms with Gasteiger partial charge in [-0.25, -0.2) is 0 Å². The Bertz CT molecular complexity index is 767. The van der Waals surface area contributed by atoms with Crippen LogP contribution in [0.5, 0.6) is 0 Å². The minimum atomic E-state index is -1.55. The molecule has 6 heteroatoms. The van der Waals surface area contributed by atoms with Crippen LogP contribution in [0.1, 0.15) is 9.67 Å². The zero-order chi connectivity index (χ0) is 14.8. The van der Waals surface area contributed by atoms with Gasteiger partial charge in [0, 0.05) is 10.4 Å². The number of hydrogen-bond donors (Lipinski definition) is 3. The number of anilines is 1. The summed E-state index contributed by atoms with van der Waals surface area (Å²) in [5.74, 6) is -0.208. The first-order valence-electron chi connectivity index (χ1n) is 6.39. The van der Waals surface area contributed by atoms with Crippen LogP contribution < -0.4 is 10.8 Å². The van der Waals surface area contributed by atoms with E-state index in [1.165, 1.54) is 17.4 Å². The van der Waals surface area contributed by atoms with E-state index >= 15 is 0 Å². The maximum atomic E-state index is 12.2. The standard InChI is InChI=1S/C15H12BNO3S/c18-15(14-8-10-4-1-2-7-13(10)21-14)17-12-6-3-5-11(9-12)16(19)20/h1-9,19-20H,(H,17,18). The number of fused-ring (bicyclic) bond motifs is 1. The number of amides is 1. The highest BCUT2D eigenvalue weighted by Gasteiger charge is 2.13. The van der Waals surface area contributed by atoms with Crippen molar-refractivity contribution in [3.8, 4) is 0 Å². The molecule has 0 aliphatic rings. The number of thiophene rings is 1. The van der Waals surface area contributed by atoms with E-state index in [4.69, 9.17) is 10.0 Å². The molecule has 0 saturated carbocycles. The van der Waals surface area contributed by atoms with Gasteiger partial charge in [0.25, 0.3) is 5.91 Å². The summed E-state index contributed by atoms with van der Waals surface area (Å²) in [6.45, 7) is 0. The van der Waals surface area contributed by atoms with Gasteiger partial charge in [0.2, 0.25) is 0 Å². The molecule has 3 N–H and O–H groups in total. The Morgan fingerprint density at radius 2 is 1.86 bits per heavy atom. The number of nitrogens with one attached hydrogen (secondary N) is 1. The molecule has 0 spiro atoms. The molecule has 0 saturated heterocycles. The number of rotatable bonds is 3. The monoisotopic (exact) mass is 297 g/mol. The van der Waals surface area contributed by atoms with Crippen molar-refractivity contribution in [1.82, 2.24) is 0 Å². The fourth-order valence-corrected chi connectivity index (χ4v) is 3.02. The predicted octanol–water partition coefficient (Wildman–Crippen LogP) is 1.83. The molecule has 0 bridgehead atoms. The third kappa shape index (κ3) is 2.97. The fraction of sp³-hybridized carbons (Fsp3) is 0. The average Bonchev–Trinajstić information content (AvgIpc) is 2.91. The van der Waals surface area contributed by atoms with Crippen molar-refractivity contribution in [2.45, 2.75) is 0 Å². The minimum Gasteiger partial charge on any atom is -0.423 e. The van der Waals surface area contributed by atoms with E-state index in [1.54, 1.807) is 18.2 Å². The maximum absolute atomic E-state index is 12.2. The number of benzene rings is 2. The zero-order valence-corrected chi connectivity index (χ0v) is 11.8. The van der Waals surface area contributed by atoms with Crippen LogP contribution in [0.4, 0.5) is 5.69 Å². The molecule has 3 rings (SSSR count). The van der Waals surface area contributed by atoms with Crippen LogP contribution in [0, 0.1) is 0 Å². The minimum absolute atomic E-state index is 0.208. The van der Waals surface area contributed by atoms with E-state index < -0.39 is 7.12 Å². The highest BCUT2D eigenvalue weighted by atomic mass is 32.1. The van der Waals surface area contributed by atoms with Gasteiger partial charge in [-0.3, -0.25) is 4.79 Å². The largest absolute Gasteiger partial charge is 0.488 e. The number of hydrogen-bond acceptors (Lipinski definition) is 4. The smallest absolute Gasteiger partial charge is 0.423 e. The lowest BCUT2D eigenvalue weighted by molar-refractivity contribution is 0.103. The molecule has 1 amide bonds. The average molecular weight is 297 g/mol. The Labute approximate surface area is 125 Å². The third-order valence-electron chi connectivity index (χ3n) is 3.09. The van der Waals surface area contributed by atoms with Gasteiger partial charge in [-0.05, 0) is 35.1 Å². The van der Waals surface area contributed by atoms with Crippen LogP contribution >= 0.6 is 11.3 Å². The van der Waals surface area contributed by atoms with Crippen molar-refractivity contribution in [3.05, 3.63) is 59.5 Å². The molecule has 0 unspecified atom stereocenters. The summed E-state index contributed by atoms with van der Waals surface area (Å²) >= 11 is 1.42. The second-order valence-electron chi connectivity index (χ2n) is 4.60. The summed E-state index contributed by atoms with van der Waals surface area (Å²) < 4.78 is 1.06. The molecule has 0 aliphatic carbocycles. The summed E-state index contributed by atoms with van der Waals surface area (Å²) in [7, 11) is -1.55. The predicted molar refractivity (Wildman–Crippen MR) is 86.0 cm³/mol. The molecule has 104 valence electrons. The van der Waals surface area contributed by atoms with Crippen molar-refractivity contribution >= 4 is 45.6 Å². The molecule has 0 atom stereocenters. The molecule has 1 heterocycles. The third-order valence-corrected chi connectivity index (χ3v) is 4.21. The Balaban J connectivity index is 1.84. The van der Waals surface area contributed by atoms with Gasteiger partial charge in [0.15, 0.2) is 0 Å². The van der Waals surface area contributed by atoms with Gasteiger partial charge in [0.1, 0.15) is 0 Å². The topological polar surface area (TPSA) is 69.6 Å². The van der Waals surface area contributed by atoms with Crippen LogP contribution in [0.25, 0.3) is 10.1 Å². The lowest BCUT2D eigenvalue weighted by Gasteiger charge is -2.05. The van der Waals surface area contributed by atoms with Gasteiger partial charge >= 0.3 is 7.12 Å². The summed E-state index contributed by atoms with van der Waals surface area (Å²) in [6, 6.07) is 16.1. The van der Waals surface area contributed by atoms with Gasteiger partial charge in [0.05, 0.1) is 4.88 Å². The Hall–Kier alpha value is -2.15. The van der Waals surface area contributed by atoms with Crippen LogP contribution in [0.2, 0.25) is 0 Å². The summed E-state index contributed by atoms with van der Waals surface area (Å²) in [6.07, 6.45) is 0. The molecular weight excluding hydrogens is 285 g/mol. The van der Waals surface area contributed by atoms with Crippen LogP contribution in [-0.2, 0) is 0 Å². The molecule has 1 aromatic heterocycles. The van der Waals surface area contributed by atoms with Crippen molar-refractivity contribution in [1.29, 1.82) is 0 Å². The SMILES string of the molecule is O=C(Nc1cccc(B(O)O)c1)c1cc2ccccc2s1. The Morgan fingerprint density at radius 1 is 1.05 bits per heavy atom. The Kier molecular flexibility index (Phi) is 3.75. The number of carbonyl (C=O) groups excluding carboxylic acids is 1. The summed E-state index contributed by atoms with van der Waals surface area (Å²) in [5.41, 5.74) is 0.868. The van der Waals surface area contributed by atoms with Gasteiger partial charge in [-0.15, -0.1) is 11.3 Å². The van der Waals surface area contributed by atoms with Crippen LogP contribution in [-0.4, -0.2) is 23.1 Å². The summed E-state index contributed by atoms with van der Waals surface area (Å²) in [5, 5.41) is 22.1. The highest BCUT2D eigenvalue weighted by Crippen LogP contribution is 2.25. The normalized spacial score (nSPS) is 10.6. The van der Waals surface area contributed by atoms with Crippen molar-refractivity contribution in [2.24, 2.45) is 0 Å². The van der Waals surface area contributed by atoms with Crippen LogP contribution in [0.3, 0.4) is 0 Å². The first-order valence-corrected chi connectivity index (χ1v) is 7.21. The van der Waals surface area contributed by atoms with Gasteiger partial charge in [-0.2, -0.15) is 0 Å². The van der Waals surface area contributed by atoms with E-state index in [0.29, 0.717) is 16.0 Å². The Morgan fingerprint density at radius 3 is 2.62 bits per heavy atom. The first kappa shape index (κ1) is 13.8.